The van der Waals surface area contributed by atoms with Crippen LogP contribution in [-0.4, -0.2) is 25.7 Å². The first-order valence-corrected chi connectivity index (χ1v) is 9.60. The minimum atomic E-state index is 0.635. The first kappa shape index (κ1) is 17.1. The summed E-state index contributed by atoms with van der Waals surface area (Å²) in [6.07, 6.45) is 0.901. The van der Waals surface area contributed by atoms with E-state index in [2.05, 4.69) is 43.0 Å². The van der Waals surface area contributed by atoms with Crippen LogP contribution in [0, 0.1) is 0 Å². The minimum absolute atomic E-state index is 0.635. The molecule has 1 aliphatic heterocycles. The Bertz CT molecular complexity index is 718. The van der Waals surface area contributed by atoms with Gasteiger partial charge in [-0.25, -0.2) is 4.99 Å². The highest BCUT2D eigenvalue weighted by atomic mass is 79.9. The summed E-state index contributed by atoms with van der Waals surface area (Å²) in [6, 6.07) is 7.95. The van der Waals surface area contributed by atoms with E-state index < -0.39 is 0 Å². The molecule has 1 aromatic heterocycles. The zero-order chi connectivity index (χ0) is 16.8. The van der Waals surface area contributed by atoms with E-state index in [9.17, 15) is 0 Å². The number of benzene rings is 1. The molecular formula is C17H20BrN3O2S. The van der Waals surface area contributed by atoms with Crippen LogP contribution in [0.15, 0.2) is 39.1 Å². The van der Waals surface area contributed by atoms with Gasteiger partial charge >= 0.3 is 0 Å². The fraction of sp³-hybridized carbons (Fsp3) is 0.353. The Hall–Kier alpha value is -1.73. The molecule has 5 nitrogen and oxygen atoms in total. The molecule has 0 saturated carbocycles. The highest BCUT2D eigenvalue weighted by molar-refractivity contribution is 9.10. The van der Waals surface area contributed by atoms with Crippen molar-refractivity contribution in [3.63, 3.8) is 0 Å². The van der Waals surface area contributed by atoms with Gasteiger partial charge in [-0.1, -0.05) is 0 Å². The summed E-state index contributed by atoms with van der Waals surface area (Å²) in [4.78, 5) is 5.84. The molecule has 0 saturated heterocycles. The lowest BCUT2D eigenvalue weighted by atomic mass is 10.3. The number of anilines is 1. The van der Waals surface area contributed by atoms with Gasteiger partial charge in [0.15, 0.2) is 17.5 Å². The SMILES string of the molecule is CCNC(=NCc1cc(Br)cs1)Nc1ccc2c(c1)OCCCO2. The number of halogens is 1. The average Bonchev–Trinajstić information content (AvgIpc) is 2.85. The van der Waals surface area contributed by atoms with Crippen molar-refractivity contribution in [1.29, 1.82) is 0 Å². The van der Waals surface area contributed by atoms with E-state index in [-0.39, 0.29) is 0 Å². The van der Waals surface area contributed by atoms with E-state index >= 15 is 0 Å². The monoisotopic (exact) mass is 409 g/mol. The van der Waals surface area contributed by atoms with Gasteiger partial charge in [0.2, 0.25) is 0 Å². The van der Waals surface area contributed by atoms with E-state index in [0.717, 1.165) is 40.6 Å². The van der Waals surface area contributed by atoms with Gasteiger partial charge in [0.1, 0.15) is 0 Å². The lowest BCUT2D eigenvalue weighted by Crippen LogP contribution is -2.30. The predicted molar refractivity (Wildman–Crippen MR) is 103 cm³/mol. The first-order chi connectivity index (χ1) is 11.7. The van der Waals surface area contributed by atoms with Gasteiger partial charge in [-0.05, 0) is 41.1 Å². The van der Waals surface area contributed by atoms with Crippen LogP contribution in [0.4, 0.5) is 5.69 Å². The number of hydrogen-bond acceptors (Lipinski definition) is 4. The van der Waals surface area contributed by atoms with Crippen LogP contribution in [0.2, 0.25) is 0 Å². The second-order valence-electron chi connectivity index (χ2n) is 5.26. The minimum Gasteiger partial charge on any atom is -0.490 e. The topological polar surface area (TPSA) is 54.9 Å². The van der Waals surface area contributed by atoms with Crippen molar-refractivity contribution in [2.45, 2.75) is 19.9 Å². The molecule has 0 atom stereocenters. The summed E-state index contributed by atoms with van der Waals surface area (Å²) < 4.78 is 12.5. The fourth-order valence-corrected chi connectivity index (χ4v) is 3.65. The van der Waals surface area contributed by atoms with E-state index in [1.807, 2.05) is 25.1 Å². The quantitative estimate of drug-likeness (QED) is 0.585. The molecule has 2 N–H and O–H groups in total. The van der Waals surface area contributed by atoms with Crippen molar-refractivity contribution in [2.75, 3.05) is 25.1 Å². The van der Waals surface area contributed by atoms with E-state index in [1.54, 1.807) is 11.3 Å². The van der Waals surface area contributed by atoms with E-state index in [0.29, 0.717) is 19.8 Å². The maximum Gasteiger partial charge on any atom is 0.196 e. The van der Waals surface area contributed by atoms with Crippen molar-refractivity contribution in [2.24, 2.45) is 4.99 Å². The van der Waals surface area contributed by atoms with Crippen LogP contribution in [0.3, 0.4) is 0 Å². The molecule has 1 aliphatic rings. The van der Waals surface area contributed by atoms with Crippen LogP contribution in [0.1, 0.15) is 18.2 Å². The highest BCUT2D eigenvalue weighted by Gasteiger charge is 2.11. The number of fused-ring (bicyclic) bond motifs is 1. The summed E-state index contributed by atoms with van der Waals surface area (Å²) in [5.41, 5.74) is 0.923. The first-order valence-electron chi connectivity index (χ1n) is 7.92. The number of rotatable bonds is 4. The molecule has 0 spiro atoms. The maximum absolute atomic E-state index is 5.73. The Labute approximate surface area is 154 Å². The lowest BCUT2D eigenvalue weighted by molar-refractivity contribution is 0.297. The molecule has 0 unspecified atom stereocenters. The fourth-order valence-electron chi connectivity index (χ4n) is 2.28. The molecule has 2 heterocycles. The maximum atomic E-state index is 5.73. The summed E-state index contributed by atoms with van der Waals surface area (Å²) in [5.74, 6) is 2.32. The number of nitrogens with one attached hydrogen (secondary N) is 2. The highest BCUT2D eigenvalue weighted by Crippen LogP contribution is 2.32. The Morgan fingerprint density at radius 3 is 2.83 bits per heavy atom. The van der Waals surface area contributed by atoms with Crippen LogP contribution in [0.5, 0.6) is 11.5 Å². The van der Waals surface area contributed by atoms with Crippen LogP contribution >= 0.6 is 27.3 Å². The summed E-state index contributed by atoms with van der Waals surface area (Å²) in [5, 5.41) is 8.65. The van der Waals surface area contributed by atoms with Gasteiger partial charge in [0.25, 0.3) is 0 Å². The molecule has 0 aliphatic carbocycles. The van der Waals surface area contributed by atoms with Gasteiger partial charge in [0.05, 0.1) is 19.8 Å². The summed E-state index contributed by atoms with van der Waals surface area (Å²) in [6.45, 7) is 4.85. The molecule has 0 bridgehead atoms. The van der Waals surface area contributed by atoms with Crippen LogP contribution in [-0.2, 0) is 6.54 Å². The van der Waals surface area contributed by atoms with Gasteiger partial charge in [0, 0.05) is 39.4 Å². The second kappa shape index (κ2) is 8.39. The van der Waals surface area contributed by atoms with Gasteiger partial charge < -0.3 is 20.1 Å². The Morgan fingerprint density at radius 2 is 2.08 bits per heavy atom. The molecule has 24 heavy (non-hydrogen) atoms. The Morgan fingerprint density at radius 1 is 1.25 bits per heavy atom. The number of thiophene rings is 1. The molecule has 0 radical (unpaired) electrons. The average molecular weight is 410 g/mol. The number of ether oxygens (including phenoxy) is 2. The third kappa shape index (κ3) is 4.64. The van der Waals surface area contributed by atoms with Crippen molar-refractivity contribution in [3.05, 3.63) is 39.0 Å². The van der Waals surface area contributed by atoms with Crippen LogP contribution < -0.4 is 20.1 Å². The molecule has 3 rings (SSSR count). The number of aliphatic imine (C=N–C) groups is 1. The number of hydrogen-bond donors (Lipinski definition) is 2. The van der Waals surface area contributed by atoms with Crippen molar-refractivity contribution in [1.82, 2.24) is 5.32 Å². The van der Waals surface area contributed by atoms with E-state index in [4.69, 9.17) is 9.47 Å². The molecule has 0 amide bonds. The zero-order valence-electron chi connectivity index (χ0n) is 13.5. The Balaban J connectivity index is 1.71. The third-order valence-corrected chi connectivity index (χ3v) is 5.05. The normalized spacial score (nSPS) is 14.2. The molecule has 1 aromatic carbocycles. The summed E-state index contributed by atoms with van der Waals surface area (Å²) in [7, 11) is 0. The predicted octanol–water partition coefficient (Wildman–Crippen LogP) is 4.25. The van der Waals surface area contributed by atoms with Gasteiger partial charge in [-0.15, -0.1) is 11.3 Å². The summed E-state index contributed by atoms with van der Waals surface area (Å²) >= 11 is 5.16. The Kier molecular flexibility index (Phi) is 5.98. The molecular weight excluding hydrogens is 390 g/mol. The third-order valence-electron chi connectivity index (χ3n) is 3.37. The molecule has 128 valence electrons. The van der Waals surface area contributed by atoms with Crippen molar-refractivity contribution in [3.8, 4) is 11.5 Å². The smallest absolute Gasteiger partial charge is 0.196 e. The zero-order valence-corrected chi connectivity index (χ0v) is 15.9. The second-order valence-corrected chi connectivity index (χ2v) is 7.17. The largest absolute Gasteiger partial charge is 0.490 e. The number of nitrogens with zero attached hydrogens (tertiary/aromatic N) is 1. The lowest BCUT2D eigenvalue weighted by Gasteiger charge is -2.13. The standard InChI is InChI=1S/C17H20BrN3O2S/c1-2-19-17(20-10-14-8-12(18)11-24-14)21-13-4-5-15-16(9-13)23-7-3-6-22-15/h4-5,8-9,11H,2-3,6-7,10H2,1H3,(H2,19,20,21). The van der Waals surface area contributed by atoms with Crippen molar-refractivity contribution >= 4 is 38.9 Å². The number of guanidine groups is 1. The van der Waals surface area contributed by atoms with Crippen molar-refractivity contribution < 1.29 is 9.47 Å². The van der Waals surface area contributed by atoms with Gasteiger partial charge in [-0.2, -0.15) is 0 Å². The van der Waals surface area contributed by atoms with E-state index in [1.165, 1.54) is 4.88 Å². The molecule has 2 aromatic rings. The molecule has 7 heteroatoms. The molecule has 0 fully saturated rings. The van der Waals surface area contributed by atoms with Gasteiger partial charge in [-0.3, -0.25) is 0 Å². The van der Waals surface area contributed by atoms with Crippen LogP contribution in [0.25, 0.3) is 0 Å².